The fourth-order valence-corrected chi connectivity index (χ4v) is 5.92. The summed E-state index contributed by atoms with van der Waals surface area (Å²) >= 11 is 0. The summed E-state index contributed by atoms with van der Waals surface area (Å²) in [6.07, 6.45) is 32.6. The van der Waals surface area contributed by atoms with Gasteiger partial charge in [-0.25, -0.2) is 0 Å². The second-order valence-corrected chi connectivity index (χ2v) is 14.4. The fourth-order valence-electron chi connectivity index (χ4n) is 5.92. The topological polar surface area (TPSA) is 78.9 Å². The Morgan fingerprint density at radius 1 is 0.404 bits per heavy atom. The van der Waals surface area contributed by atoms with Gasteiger partial charge >= 0.3 is 17.9 Å². The molecule has 0 N–H and O–H groups in total. The molecule has 0 aliphatic heterocycles. The van der Waals surface area contributed by atoms with E-state index in [1.165, 1.54) is 109 Å². The number of unbranched alkanes of at least 4 members (excludes halogenated alkanes) is 23. The summed E-state index contributed by atoms with van der Waals surface area (Å²) in [6, 6.07) is 0. The zero-order valence-corrected chi connectivity index (χ0v) is 31.7. The number of esters is 3. The summed E-state index contributed by atoms with van der Waals surface area (Å²) in [5.41, 5.74) is 0. The van der Waals surface area contributed by atoms with E-state index in [4.69, 9.17) is 14.2 Å². The van der Waals surface area contributed by atoms with E-state index in [1.54, 1.807) is 0 Å². The first-order chi connectivity index (χ1) is 22.9. The van der Waals surface area contributed by atoms with Crippen molar-refractivity contribution in [3.63, 3.8) is 0 Å². The van der Waals surface area contributed by atoms with Crippen LogP contribution in [0.15, 0.2) is 0 Å². The monoisotopic (exact) mass is 667 g/mol. The molecule has 0 saturated heterocycles. The molecule has 278 valence electrons. The molecule has 0 heterocycles. The SMILES string of the molecule is CCCCCCCCCCCC(=O)OC[C@H](COC(=O)CCCCCCC)OC(=O)CCCCCCCCCCCCCCC(C)C. The van der Waals surface area contributed by atoms with Gasteiger partial charge in [0.25, 0.3) is 0 Å². The summed E-state index contributed by atoms with van der Waals surface area (Å²) in [4.78, 5) is 37.2. The molecule has 0 saturated carbocycles. The quantitative estimate of drug-likeness (QED) is 0.0376. The lowest BCUT2D eigenvalue weighted by Crippen LogP contribution is -2.30. The molecule has 0 aliphatic carbocycles. The van der Waals surface area contributed by atoms with Crippen molar-refractivity contribution >= 4 is 17.9 Å². The maximum atomic E-state index is 12.6. The highest BCUT2D eigenvalue weighted by Gasteiger charge is 2.19. The summed E-state index contributed by atoms with van der Waals surface area (Å²) < 4.78 is 16.5. The molecule has 0 aromatic heterocycles. The number of hydrogen-bond donors (Lipinski definition) is 0. The number of rotatable bonds is 36. The molecular weight excluding hydrogens is 588 g/mol. The summed E-state index contributed by atoms with van der Waals surface area (Å²) in [6.45, 7) is 8.88. The molecule has 47 heavy (non-hydrogen) atoms. The Kier molecular flexibility index (Phi) is 34.5. The van der Waals surface area contributed by atoms with Crippen molar-refractivity contribution in [3.05, 3.63) is 0 Å². The van der Waals surface area contributed by atoms with Crippen LogP contribution >= 0.6 is 0 Å². The molecule has 0 aliphatic rings. The highest BCUT2D eigenvalue weighted by molar-refractivity contribution is 5.71. The Morgan fingerprint density at radius 2 is 0.702 bits per heavy atom. The standard InChI is InChI=1S/C41H78O6/c1-5-7-9-11-12-17-21-25-29-33-40(43)46-36-38(35-45-39(42)32-28-23-10-8-6-2)47-41(44)34-30-26-22-19-16-14-13-15-18-20-24-27-31-37(3)4/h37-38H,5-36H2,1-4H3/t38-/m0/s1. The Labute approximate surface area is 291 Å². The summed E-state index contributed by atoms with van der Waals surface area (Å²) in [5.74, 6) is -0.0452. The minimum absolute atomic E-state index is 0.0657. The molecule has 0 aromatic rings. The molecule has 6 nitrogen and oxygen atoms in total. The highest BCUT2D eigenvalue weighted by Crippen LogP contribution is 2.15. The number of carbonyl (C=O) groups excluding carboxylic acids is 3. The lowest BCUT2D eigenvalue weighted by molar-refractivity contribution is -0.167. The van der Waals surface area contributed by atoms with Crippen molar-refractivity contribution in [2.45, 2.75) is 226 Å². The van der Waals surface area contributed by atoms with Crippen molar-refractivity contribution in [1.29, 1.82) is 0 Å². The van der Waals surface area contributed by atoms with Gasteiger partial charge in [-0.15, -0.1) is 0 Å². The number of carbonyl (C=O) groups is 3. The van der Waals surface area contributed by atoms with Gasteiger partial charge in [0.05, 0.1) is 0 Å². The third-order valence-electron chi connectivity index (χ3n) is 9.04. The van der Waals surface area contributed by atoms with Gasteiger partial charge in [0.15, 0.2) is 6.10 Å². The fraction of sp³-hybridized carbons (Fsp3) is 0.927. The molecule has 0 rings (SSSR count). The van der Waals surface area contributed by atoms with Gasteiger partial charge in [-0.05, 0) is 25.2 Å². The zero-order chi connectivity index (χ0) is 34.6. The second kappa shape index (κ2) is 35.7. The maximum Gasteiger partial charge on any atom is 0.306 e. The number of ether oxygens (including phenoxy) is 3. The Balaban J connectivity index is 4.21. The molecule has 0 unspecified atom stereocenters. The Morgan fingerprint density at radius 3 is 1.04 bits per heavy atom. The van der Waals surface area contributed by atoms with Crippen molar-refractivity contribution in [2.24, 2.45) is 5.92 Å². The highest BCUT2D eigenvalue weighted by atomic mass is 16.6. The first-order valence-corrected chi connectivity index (χ1v) is 20.4. The van der Waals surface area contributed by atoms with Crippen LogP contribution in [0.5, 0.6) is 0 Å². The average molecular weight is 667 g/mol. The lowest BCUT2D eigenvalue weighted by Gasteiger charge is -2.18. The van der Waals surface area contributed by atoms with Gasteiger partial charge in [0.2, 0.25) is 0 Å². The molecule has 0 radical (unpaired) electrons. The third kappa shape index (κ3) is 35.5. The third-order valence-corrected chi connectivity index (χ3v) is 9.04. The molecule has 6 heteroatoms. The van der Waals surface area contributed by atoms with E-state index in [1.807, 2.05) is 0 Å². The molecule has 0 fully saturated rings. The van der Waals surface area contributed by atoms with E-state index < -0.39 is 6.10 Å². The average Bonchev–Trinajstić information content (AvgIpc) is 3.05. The molecule has 0 bridgehead atoms. The first kappa shape index (κ1) is 45.4. The van der Waals surface area contributed by atoms with Crippen LogP contribution in [0.2, 0.25) is 0 Å². The van der Waals surface area contributed by atoms with Crippen LogP contribution in [0.3, 0.4) is 0 Å². The van der Waals surface area contributed by atoms with Gasteiger partial charge in [-0.3, -0.25) is 14.4 Å². The molecular formula is C41H78O6. The van der Waals surface area contributed by atoms with E-state index in [9.17, 15) is 14.4 Å². The largest absolute Gasteiger partial charge is 0.462 e. The predicted octanol–water partition coefficient (Wildman–Crippen LogP) is 12.4. The van der Waals surface area contributed by atoms with Gasteiger partial charge in [0, 0.05) is 19.3 Å². The van der Waals surface area contributed by atoms with Crippen molar-refractivity contribution in [1.82, 2.24) is 0 Å². The van der Waals surface area contributed by atoms with Gasteiger partial charge in [-0.1, -0.05) is 182 Å². The van der Waals surface area contributed by atoms with Crippen LogP contribution in [0, 0.1) is 5.92 Å². The maximum absolute atomic E-state index is 12.6. The minimum atomic E-state index is -0.756. The molecule has 0 aromatic carbocycles. The van der Waals surface area contributed by atoms with Gasteiger partial charge < -0.3 is 14.2 Å². The lowest BCUT2D eigenvalue weighted by atomic mass is 10.0. The second-order valence-electron chi connectivity index (χ2n) is 14.4. The summed E-state index contributed by atoms with van der Waals surface area (Å²) in [7, 11) is 0. The minimum Gasteiger partial charge on any atom is -0.462 e. The van der Waals surface area contributed by atoms with Crippen LogP contribution in [0.25, 0.3) is 0 Å². The Bertz CT molecular complexity index is 706. The molecule has 0 amide bonds. The molecule has 1 atom stereocenters. The van der Waals surface area contributed by atoms with Crippen LogP contribution in [0.1, 0.15) is 220 Å². The zero-order valence-electron chi connectivity index (χ0n) is 31.7. The Hall–Kier alpha value is -1.59. The van der Waals surface area contributed by atoms with Crippen LogP contribution in [0.4, 0.5) is 0 Å². The van der Waals surface area contributed by atoms with Crippen LogP contribution in [-0.2, 0) is 28.6 Å². The van der Waals surface area contributed by atoms with E-state index >= 15 is 0 Å². The predicted molar refractivity (Wildman–Crippen MR) is 196 cm³/mol. The van der Waals surface area contributed by atoms with Crippen molar-refractivity contribution in [2.75, 3.05) is 13.2 Å². The smallest absolute Gasteiger partial charge is 0.306 e. The van der Waals surface area contributed by atoms with Crippen LogP contribution in [-0.4, -0.2) is 37.2 Å². The molecule has 0 spiro atoms. The van der Waals surface area contributed by atoms with E-state index in [-0.39, 0.29) is 31.1 Å². The van der Waals surface area contributed by atoms with Crippen LogP contribution < -0.4 is 0 Å². The van der Waals surface area contributed by atoms with E-state index in [0.717, 1.165) is 70.1 Å². The normalized spacial score (nSPS) is 11.9. The van der Waals surface area contributed by atoms with E-state index in [0.29, 0.717) is 19.3 Å². The van der Waals surface area contributed by atoms with E-state index in [2.05, 4.69) is 27.7 Å². The number of hydrogen-bond acceptors (Lipinski definition) is 6. The van der Waals surface area contributed by atoms with Gasteiger partial charge in [-0.2, -0.15) is 0 Å². The first-order valence-electron chi connectivity index (χ1n) is 20.4. The van der Waals surface area contributed by atoms with Gasteiger partial charge in [0.1, 0.15) is 13.2 Å². The summed E-state index contributed by atoms with van der Waals surface area (Å²) in [5, 5.41) is 0. The van der Waals surface area contributed by atoms with Crippen molar-refractivity contribution in [3.8, 4) is 0 Å². The van der Waals surface area contributed by atoms with Crippen molar-refractivity contribution < 1.29 is 28.6 Å².